The summed E-state index contributed by atoms with van der Waals surface area (Å²) in [5.41, 5.74) is 14.5. The normalized spacial score (nSPS) is 18.3. The second-order valence-corrected chi connectivity index (χ2v) is 21.6. The SMILES string of the molecule is C=C(c1ccc(B(O)O)cn1)c1cc2c(cc1C)C(C)(C)C=CC2(C)C.C=C(c1ccc(B2OC(C)(C)C(C)(C)O2)cn1)c1cc2c(cc1C)C(C)(C)C=CC2(C)C.OB(O)c1ccccc1. The van der Waals surface area contributed by atoms with Gasteiger partial charge in [-0.25, -0.2) is 0 Å². The van der Waals surface area contributed by atoms with Crippen LogP contribution in [0.3, 0.4) is 0 Å². The van der Waals surface area contributed by atoms with E-state index in [0.717, 1.165) is 39.1 Å². The smallest absolute Gasteiger partial charge is 0.423 e. The van der Waals surface area contributed by atoms with Crippen LogP contribution in [0.15, 0.2) is 129 Å². The Balaban J connectivity index is 0.000000189. The highest BCUT2D eigenvalue weighted by Crippen LogP contribution is 2.45. The molecule has 3 aliphatic rings. The number of aromatic nitrogens is 2. The first-order chi connectivity index (χ1) is 31.0. The van der Waals surface area contributed by atoms with E-state index in [1.807, 2.05) is 24.4 Å². The van der Waals surface area contributed by atoms with Crippen LogP contribution in [0, 0.1) is 13.8 Å². The van der Waals surface area contributed by atoms with Gasteiger partial charge in [0.05, 0.1) is 22.6 Å². The van der Waals surface area contributed by atoms with Gasteiger partial charge in [0.15, 0.2) is 0 Å². The predicted molar refractivity (Wildman–Crippen MR) is 279 cm³/mol. The van der Waals surface area contributed by atoms with Gasteiger partial charge < -0.3 is 29.4 Å². The van der Waals surface area contributed by atoms with Crippen molar-refractivity contribution in [2.24, 2.45) is 0 Å². The summed E-state index contributed by atoms with van der Waals surface area (Å²) in [7, 11) is -3.26. The molecule has 3 heterocycles. The monoisotopic (exact) mass is 899 g/mol. The summed E-state index contributed by atoms with van der Waals surface area (Å²) in [5, 5.41) is 35.6. The van der Waals surface area contributed by atoms with Crippen LogP contribution in [0.1, 0.15) is 139 Å². The van der Waals surface area contributed by atoms with Crippen LogP contribution < -0.4 is 16.4 Å². The molecule has 0 atom stereocenters. The zero-order valence-electron chi connectivity index (χ0n) is 42.1. The maximum absolute atomic E-state index is 9.24. The molecule has 1 fully saturated rings. The molecule has 0 saturated carbocycles. The first-order valence-electron chi connectivity index (χ1n) is 23.1. The van der Waals surface area contributed by atoms with E-state index in [1.165, 1.54) is 39.6 Å². The Hall–Kier alpha value is -5.13. The Labute approximate surface area is 401 Å². The third kappa shape index (κ3) is 10.8. The molecule has 8 rings (SSSR count). The Bertz CT molecular complexity index is 2680. The van der Waals surface area contributed by atoms with Gasteiger partial charge in [0.25, 0.3) is 0 Å². The minimum absolute atomic E-state index is 0.00659. The van der Waals surface area contributed by atoms with Crippen molar-refractivity contribution in [2.75, 3.05) is 0 Å². The van der Waals surface area contributed by atoms with E-state index in [-0.39, 0.29) is 32.9 Å². The Morgan fingerprint density at radius 1 is 0.493 bits per heavy atom. The number of rotatable bonds is 7. The number of nitrogens with zero attached hydrogens (tertiary/aromatic N) is 2. The van der Waals surface area contributed by atoms with Crippen molar-refractivity contribution in [3.8, 4) is 0 Å². The second kappa shape index (κ2) is 18.8. The van der Waals surface area contributed by atoms with Crippen LogP contribution >= 0.6 is 0 Å². The molecule has 0 bridgehead atoms. The van der Waals surface area contributed by atoms with Crippen molar-refractivity contribution in [3.05, 3.63) is 185 Å². The number of aryl methyl sites for hydroxylation is 2. The number of hydrogen-bond acceptors (Lipinski definition) is 8. The Morgan fingerprint density at radius 2 is 0.866 bits per heavy atom. The third-order valence-electron chi connectivity index (χ3n) is 14.1. The standard InChI is InChI=1S/C28H36BNO2.C22H26BNO2.C6H7BO2/c1-18-15-22-23(26(5,6)14-13-25(22,3)4)16-21(18)19(2)24-12-11-20(17-30-24)29-31-27(7,8)28(9,10)32-29;1-14-11-18-19(22(5,6)10-9-21(18,3)4)12-17(14)15(2)20-8-7-16(13-24-20)23(25)26;8-7(9)6-4-2-1-3-5-6/h11-17H,2H2,1,3-10H3;7-13,25-26H,2H2,1,3-6H3;1-5,8-9H. The molecule has 2 aromatic heterocycles. The lowest BCUT2D eigenvalue weighted by molar-refractivity contribution is 0.00578. The summed E-state index contributed by atoms with van der Waals surface area (Å²) in [6.07, 6.45) is 12.6. The largest absolute Gasteiger partial charge is 0.496 e. The van der Waals surface area contributed by atoms with Crippen molar-refractivity contribution in [1.29, 1.82) is 0 Å². The van der Waals surface area contributed by atoms with Crippen molar-refractivity contribution in [2.45, 2.75) is 130 Å². The van der Waals surface area contributed by atoms with E-state index >= 15 is 0 Å². The van der Waals surface area contributed by atoms with E-state index in [2.05, 4.69) is 164 Å². The molecule has 1 aliphatic heterocycles. The molecule has 11 heteroatoms. The van der Waals surface area contributed by atoms with E-state index in [1.54, 1.807) is 36.4 Å². The van der Waals surface area contributed by atoms with Gasteiger partial charge in [-0.3, -0.25) is 9.97 Å². The fraction of sp³-hybridized carbons (Fsp3) is 0.357. The molecule has 4 N–H and O–H groups in total. The quantitative estimate of drug-likeness (QED) is 0.0948. The van der Waals surface area contributed by atoms with Gasteiger partial charge in [-0.1, -0.05) is 147 Å². The minimum atomic E-state index is -1.51. The molecule has 1 saturated heterocycles. The van der Waals surface area contributed by atoms with Crippen molar-refractivity contribution >= 4 is 48.9 Å². The van der Waals surface area contributed by atoms with Gasteiger partial charge in [-0.05, 0) is 116 Å². The maximum atomic E-state index is 9.24. The number of fused-ring (bicyclic) bond motifs is 2. The lowest BCUT2D eigenvalue weighted by atomic mass is 9.67. The predicted octanol–water partition coefficient (Wildman–Crippen LogP) is 8.50. The van der Waals surface area contributed by atoms with E-state index < -0.39 is 21.4 Å². The average Bonchev–Trinajstić information content (AvgIpc) is 3.49. The highest BCUT2D eigenvalue weighted by Gasteiger charge is 2.52. The van der Waals surface area contributed by atoms with Crippen LogP contribution in [0.25, 0.3) is 11.1 Å². The maximum Gasteiger partial charge on any atom is 0.496 e. The van der Waals surface area contributed by atoms with E-state index in [0.29, 0.717) is 10.9 Å². The van der Waals surface area contributed by atoms with Gasteiger partial charge in [0.1, 0.15) is 0 Å². The topological polar surface area (TPSA) is 125 Å². The summed E-state index contributed by atoms with van der Waals surface area (Å²) < 4.78 is 12.3. The summed E-state index contributed by atoms with van der Waals surface area (Å²) in [4.78, 5) is 9.10. The fourth-order valence-electron chi connectivity index (χ4n) is 8.73. The van der Waals surface area contributed by atoms with Gasteiger partial charge in [0.2, 0.25) is 0 Å². The van der Waals surface area contributed by atoms with Crippen molar-refractivity contribution in [3.63, 3.8) is 0 Å². The Morgan fingerprint density at radius 3 is 1.19 bits per heavy atom. The Kier molecular flexibility index (Phi) is 14.4. The zero-order chi connectivity index (χ0) is 49.7. The zero-order valence-corrected chi connectivity index (χ0v) is 42.1. The fourth-order valence-corrected chi connectivity index (χ4v) is 8.73. The molecule has 0 spiro atoms. The van der Waals surface area contributed by atoms with Crippen LogP contribution in [0.5, 0.6) is 0 Å². The number of benzene rings is 3. The van der Waals surface area contributed by atoms with Crippen LogP contribution in [-0.2, 0) is 31.0 Å². The number of pyridine rings is 2. The highest BCUT2D eigenvalue weighted by molar-refractivity contribution is 6.62. The molecule has 3 aromatic carbocycles. The lowest BCUT2D eigenvalue weighted by Gasteiger charge is -2.37. The highest BCUT2D eigenvalue weighted by atomic mass is 16.7. The summed E-state index contributed by atoms with van der Waals surface area (Å²) in [6, 6.07) is 25.3. The number of allylic oxidation sites excluding steroid dienone is 4. The van der Waals surface area contributed by atoms with Crippen LogP contribution in [0.2, 0.25) is 0 Å². The third-order valence-corrected chi connectivity index (χ3v) is 14.1. The molecule has 0 radical (unpaired) electrons. The van der Waals surface area contributed by atoms with E-state index in [4.69, 9.17) is 24.3 Å². The summed E-state index contributed by atoms with van der Waals surface area (Å²) in [5.74, 6) is 0. The molecule has 2 aliphatic carbocycles. The lowest BCUT2D eigenvalue weighted by Crippen LogP contribution is -2.41. The first kappa shape index (κ1) is 51.3. The number of hydrogen-bond donors (Lipinski definition) is 4. The molecule has 8 nitrogen and oxygen atoms in total. The van der Waals surface area contributed by atoms with Gasteiger partial charge >= 0.3 is 21.4 Å². The van der Waals surface area contributed by atoms with Gasteiger partial charge in [0, 0.05) is 56.1 Å². The summed E-state index contributed by atoms with van der Waals surface area (Å²) >= 11 is 0. The average molecular weight is 899 g/mol. The van der Waals surface area contributed by atoms with Crippen LogP contribution in [-0.4, -0.2) is 62.6 Å². The molecular weight excluding hydrogens is 829 g/mol. The molecule has 67 heavy (non-hydrogen) atoms. The van der Waals surface area contributed by atoms with Gasteiger partial charge in [-0.2, -0.15) is 0 Å². The molecule has 0 unspecified atom stereocenters. The van der Waals surface area contributed by atoms with Gasteiger partial charge in [-0.15, -0.1) is 0 Å². The molecular formula is C56H69B3N2O6. The minimum Gasteiger partial charge on any atom is -0.423 e. The van der Waals surface area contributed by atoms with Crippen LogP contribution in [0.4, 0.5) is 0 Å². The van der Waals surface area contributed by atoms with Crippen molar-refractivity contribution in [1.82, 2.24) is 9.97 Å². The first-order valence-corrected chi connectivity index (χ1v) is 23.1. The summed E-state index contributed by atoms with van der Waals surface area (Å²) in [6.45, 7) is 39.3. The van der Waals surface area contributed by atoms with E-state index in [9.17, 15) is 10.0 Å². The second-order valence-electron chi connectivity index (χ2n) is 21.6. The van der Waals surface area contributed by atoms with Crippen molar-refractivity contribution < 1.29 is 29.4 Å². The molecule has 0 amide bonds. The molecule has 348 valence electrons. The molecule has 5 aromatic rings.